The molecule has 2 atom stereocenters. The van der Waals surface area contributed by atoms with Gasteiger partial charge in [0.15, 0.2) is 0 Å². The zero-order chi connectivity index (χ0) is 26.8. The molecule has 10 heteroatoms. The third-order valence-electron chi connectivity index (χ3n) is 5.12. The Labute approximate surface area is 209 Å². The van der Waals surface area contributed by atoms with Gasteiger partial charge in [-0.2, -0.15) is 10.2 Å². The maximum absolute atomic E-state index is 12.6. The molecule has 36 heavy (non-hydrogen) atoms. The van der Waals surface area contributed by atoms with Crippen LogP contribution in [0.3, 0.4) is 0 Å². The van der Waals surface area contributed by atoms with Crippen molar-refractivity contribution in [2.45, 2.75) is 52.6 Å². The number of hydrogen-bond acceptors (Lipinski definition) is 6. The molecule has 192 valence electrons. The van der Waals surface area contributed by atoms with Crippen LogP contribution in [0.25, 0.3) is 0 Å². The standard InChI is InChI=1S/C26H32N4O6/c1-15(2)11-21(25(33)34)27-23(31)17-7-5-9-19(13-17)29-30-20-10-6-8-18(14-20)24(32)28-22(26(35)36)12-16(3)4/h5-10,13-16,21-22H,11-12H2,1-4H3,(H,27,31)(H,28,32)(H,33,34)(H,35,36)/t21-,22-/m0/s1. The number of amides is 2. The third kappa shape index (κ3) is 8.94. The summed E-state index contributed by atoms with van der Waals surface area (Å²) in [4.78, 5) is 48.0. The van der Waals surface area contributed by atoms with E-state index in [2.05, 4.69) is 20.9 Å². The minimum atomic E-state index is -1.10. The fourth-order valence-corrected chi connectivity index (χ4v) is 3.40. The van der Waals surface area contributed by atoms with Crippen LogP contribution in [0, 0.1) is 11.8 Å². The van der Waals surface area contributed by atoms with Crippen molar-refractivity contribution < 1.29 is 29.4 Å². The average molecular weight is 497 g/mol. The number of carbonyl (C=O) groups is 4. The Hall–Kier alpha value is -4.08. The number of carboxylic acids is 2. The van der Waals surface area contributed by atoms with Crippen LogP contribution in [-0.2, 0) is 9.59 Å². The van der Waals surface area contributed by atoms with E-state index in [0.717, 1.165) is 0 Å². The highest BCUT2D eigenvalue weighted by Gasteiger charge is 2.23. The van der Waals surface area contributed by atoms with Gasteiger partial charge in [0.05, 0.1) is 11.4 Å². The number of benzene rings is 2. The maximum Gasteiger partial charge on any atom is 0.326 e. The molecule has 2 aromatic carbocycles. The van der Waals surface area contributed by atoms with Crippen molar-refractivity contribution >= 4 is 35.1 Å². The van der Waals surface area contributed by atoms with Crippen molar-refractivity contribution in [3.05, 3.63) is 59.7 Å². The number of hydrogen-bond donors (Lipinski definition) is 4. The van der Waals surface area contributed by atoms with Gasteiger partial charge in [-0.3, -0.25) is 9.59 Å². The molecule has 0 radical (unpaired) electrons. The fourth-order valence-electron chi connectivity index (χ4n) is 3.40. The summed E-state index contributed by atoms with van der Waals surface area (Å²) in [5, 5.41) is 32.0. The molecule has 0 aliphatic carbocycles. The van der Waals surface area contributed by atoms with E-state index in [9.17, 15) is 29.4 Å². The van der Waals surface area contributed by atoms with Gasteiger partial charge in [-0.05, 0) is 61.1 Å². The molecule has 0 heterocycles. The van der Waals surface area contributed by atoms with Crippen molar-refractivity contribution in [3.8, 4) is 0 Å². The van der Waals surface area contributed by atoms with E-state index in [0.29, 0.717) is 24.2 Å². The summed E-state index contributed by atoms with van der Waals surface area (Å²) in [6.07, 6.45) is 0.601. The van der Waals surface area contributed by atoms with Gasteiger partial charge < -0.3 is 20.8 Å². The monoisotopic (exact) mass is 496 g/mol. The van der Waals surface area contributed by atoms with Crippen LogP contribution >= 0.6 is 0 Å². The zero-order valence-electron chi connectivity index (χ0n) is 20.8. The first-order chi connectivity index (χ1) is 17.0. The van der Waals surface area contributed by atoms with Crippen LogP contribution in [0.2, 0.25) is 0 Å². The third-order valence-corrected chi connectivity index (χ3v) is 5.12. The summed E-state index contributed by atoms with van der Waals surface area (Å²) >= 11 is 0. The predicted octanol–water partition coefficient (Wildman–Crippen LogP) is 4.56. The lowest BCUT2D eigenvalue weighted by Crippen LogP contribution is -2.41. The predicted molar refractivity (Wildman–Crippen MR) is 134 cm³/mol. The molecule has 0 aliphatic heterocycles. The quantitative estimate of drug-likeness (QED) is 0.315. The second-order valence-corrected chi connectivity index (χ2v) is 9.29. The number of aliphatic carboxylic acids is 2. The summed E-state index contributed by atoms with van der Waals surface area (Å²) in [6.45, 7) is 7.49. The lowest BCUT2D eigenvalue weighted by atomic mass is 10.0. The Morgan fingerprint density at radius 2 is 1.06 bits per heavy atom. The molecule has 4 N–H and O–H groups in total. The molecule has 0 saturated carbocycles. The first-order valence-corrected chi connectivity index (χ1v) is 11.7. The smallest absolute Gasteiger partial charge is 0.326 e. The topological polar surface area (TPSA) is 158 Å². The summed E-state index contributed by atoms with van der Waals surface area (Å²) in [5.74, 6) is -3.09. The average Bonchev–Trinajstić information content (AvgIpc) is 2.81. The first-order valence-electron chi connectivity index (χ1n) is 11.7. The number of nitrogens with zero attached hydrogens (tertiary/aromatic N) is 2. The molecule has 0 fully saturated rings. The lowest BCUT2D eigenvalue weighted by molar-refractivity contribution is -0.140. The summed E-state index contributed by atoms with van der Waals surface area (Å²) in [5.41, 5.74) is 1.19. The molecular formula is C26H32N4O6. The number of azo groups is 1. The van der Waals surface area contributed by atoms with Crippen molar-refractivity contribution in [2.75, 3.05) is 0 Å². The van der Waals surface area contributed by atoms with Crippen LogP contribution in [0.1, 0.15) is 61.3 Å². The largest absolute Gasteiger partial charge is 0.480 e. The SMILES string of the molecule is CC(C)C[C@H](NC(=O)c1cccc(N=Nc2cccc(C(=O)N[C@@H](CC(C)C)C(=O)O)c2)c1)C(=O)O. The molecule has 2 aromatic rings. The number of carboxylic acid groups (broad SMARTS) is 2. The van der Waals surface area contributed by atoms with Gasteiger partial charge >= 0.3 is 11.9 Å². The minimum Gasteiger partial charge on any atom is -0.480 e. The van der Waals surface area contributed by atoms with Crippen LogP contribution in [0.4, 0.5) is 11.4 Å². The highest BCUT2D eigenvalue weighted by molar-refractivity contribution is 5.98. The highest BCUT2D eigenvalue weighted by atomic mass is 16.4. The van der Waals surface area contributed by atoms with E-state index < -0.39 is 35.8 Å². The Balaban J connectivity index is 2.13. The molecule has 2 rings (SSSR count). The molecule has 2 amide bonds. The van der Waals surface area contributed by atoms with Gasteiger partial charge in [0.2, 0.25) is 0 Å². The van der Waals surface area contributed by atoms with Crippen LogP contribution < -0.4 is 10.6 Å². The summed E-state index contributed by atoms with van der Waals surface area (Å²) in [6, 6.07) is 10.5. The molecule has 0 unspecified atom stereocenters. The van der Waals surface area contributed by atoms with Crippen molar-refractivity contribution in [1.82, 2.24) is 10.6 Å². The van der Waals surface area contributed by atoms with E-state index in [4.69, 9.17) is 0 Å². The van der Waals surface area contributed by atoms with Crippen LogP contribution in [0.5, 0.6) is 0 Å². The van der Waals surface area contributed by atoms with Gasteiger partial charge in [0, 0.05) is 11.1 Å². The molecule has 0 spiro atoms. The summed E-state index contributed by atoms with van der Waals surface area (Å²) in [7, 11) is 0. The van der Waals surface area contributed by atoms with Gasteiger partial charge in [-0.15, -0.1) is 0 Å². The first kappa shape index (κ1) is 28.2. The van der Waals surface area contributed by atoms with Gasteiger partial charge in [-0.25, -0.2) is 9.59 Å². The van der Waals surface area contributed by atoms with Gasteiger partial charge in [0.1, 0.15) is 12.1 Å². The molecular weight excluding hydrogens is 464 g/mol. The van der Waals surface area contributed by atoms with E-state index in [1.54, 1.807) is 36.4 Å². The second kappa shape index (κ2) is 13.1. The van der Waals surface area contributed by atoms with Crippen LogP contribution in [-0.4, -0.2) is 46.0 Å². The van der Waals surface area contributed by atoms with Crippen molar-refractivity contribution in [1.29, 1.82) is 0 Å². The van der Waals surface area contributed by atoms with Crippen LogP contribution in [0.15, 0.2) is 58.8 Å². The lowest BCUT2D eigenvalue weighted by Gasteiger charge is -2.16. The Kier molecular flexibility index (Phi) is 10.3. The minimum absolute atomic E-state index is 0.0922. The number of rotatable bonds is 12. The Bertz CT molecular complexity index is 1040. The fraction of sp³-hybridized carbons (Fsp3) is 0.385. The summed E-state index contributed by atoms with van der Waals surface area (Å²) < 4.78 is 0. The maximum atomic E-state index is 12.6. The van der Waals surface area contributed by atoms with E-state index in [1.807, 2.05) is 27.7 Å². The Morgan fingerprint density at radius 3 is 1.36 bits per heavy atom. The molecule has 10 nitrogen and oxygen atoms in total. The van der Waals surface area contributed by atoms with Gasteiger partial charge in [0.25, 0.3) is 11.8 Å². The van der Waals surface area contributed by atoms with Crippen molar-refractivity contribution in [2.24, 2.45) is 22.1 Å². The Morgan fingerprint density at radius 1 is 0.694 bits per heavy atom. The molecule has 0 aliphatic rings. The number of carbonyl (C=O) groups excluding carboxylic acids is 2. The van der Waals surface area contributed by atoms with Crippen molar-refractivity contribution in [3.63, 3.8) is 0 Å². The van der Waals surface area contributed by atoms with E-state index in [-0.39, 0.29) is 23.0 Å². The number of nitrogens with one attached hydrogen (secondary N) is 2. The normalized spacial score (nSPS) is 12.9. The van der Waals surface area contributed by atoms with E-state index >= 15 is 0 Å². The molecule has 0 bridgehead atoms. The zero-order valence-corrected chi connectivity index (χ0v) is 20.8. The van der Waals surface area contributed by atoms with Gasteiger partial charge in [-0.1, -0.05) is 39.8 Å². The van der Waals surface area contributed by atoms with E-state index in [1.165, 1.54) is 12.1 Å². The molecule has 0 aromatic heterocycles. The molecule has 0 saturated heterocycles. The highest BCUT2D eigenvalue weighted by Crippen LogP contribution is 2.21. The second-order valence-electron chi connectivity index (χ2n) is 9.29.